The zero-order chi connectivity index (χ0) is 15.5. The van der Waals surface area contributed by atoms with Gasteiger partial charge in [0.25, 0.3) is 0 Å². The quantitative estimate of drug-likeness (QED) is 0.355. The molecule has 112 valence electrons. The van der Waals surface area contributed by atoms with Crippen LogP contribution in [0.25, 0.3) is 0 Å². The Hall–Kier alpha value is -2.90. The predicted octanol–water partition coefficient (Wildman–Crippen LogP) is 1.29. The van der Waals surface area contributed by atoms with Gasteiger partial charge in [0.15, 0.2) is 5.71 Å². The third kappa shape index (κ3) is 6.19. The van der Waals surface area contributed by atoms with Crippen molar-refractivity contribution in [2.45, 2.75) is 13.5 Å². The molecular weight excluding hydrogens is 278 g/mol. The highest BCUT2D eigenvalue weighted by molar-refractivity contribution is 6.59. The largest absolute Gasteiger partial charge is 0.461 e. The highest BCUT2D eigenvalue weighted by Crippen LogP contribution is 2.00. The number of ether oxygens (including phenoxy) is 2. The number of rotatable bonds is 6. The number of hydrogen-bond donors (Lipinski definition) is 2. The fraction of sp³-hybridized carbons (Fsp3) is 0.231. The molecule has 0 spiro atoms. The lowest BCUT2D eigenvalue weighted by Gasteiger charge is -2.04. The number of esters is 1. The first kappa shape index (κ1) is 16.2. The maximum atomic E-state index is 11.4. The van der Waals surface area contributed by atoms with Crippen LogP contribution in [0.15, 0.2) is 40.6 Å². The van der Waals surface area contributed by atoms with E-state index in [2.05, 4.69) is 15.0 Å². The molecule has 0 unspecified atom stereocenters. The molecule has 0 heterocycles. The van der Waals surface area contributed by atoms with Crippen LogP contribution >= 0.6 is 0 Å². The summed E-state index contributed by atoms with van der Waals surface area (Å²) in [4.78, 5) is 22.8. The summed E-state index contributed by atoms with van der Waals surface area (Å²) >= 11 is 0. The molecule has 0 aliphatic heterocycles. The summed E-state index contributed by atoms with van der Waals surface area (Å²) in [6.45, 7) is 1.79. The first-order valence-electron chi connectivity index (χ1n) is 6.06. The Kier molecular flexibility index (Phi) is 6.98. The van der Waals surface area contributed by atoms with E-state index in [1.807, 2.05) is 23.6 Å². The van der Waals surface area contributed by atoms with Gasteiger partial charge in [-0.15, -0.1) is 0 Å². The molecule has 1 aromatic carbocycles. The van der Waals surface area contributed by atoms with Gasteiger partial charge in [-0.25, -0.2) is 15.0 Å². The lowest BCUT2D eigenvalue weighted by molar-refractivity contribution is -0.134. The van der Waals surface area contributed by atoms with Crippen LogP contribution in [0.2, 0.25) is 0 Å². The Balaban J connectivity index is 2.51. The Morgan fingerprint density at radius 3 is 2.62 bits per heavy atom. The second-order valence-corrected chi connectivity index (χ2v) is 3.64. The van der Waals surface area contributed by atoms with E-state index in [4.69, 9.17) is 9.94 Å². The molecule has 0 saturated carbocycles. The Bertz CT molecular complexity index is 528. The number of hydrazone groups is 1. The lowest BCUT2D eigenvalue weighted by Crippen LogP contribution is -2.26. The van der Waals surface area contributed by atoms with Crippen molar-refractivity contribution in [3.8, 4) is 0 Å². The summed E-state index contributed by atoms with van der Waals surface area (Å²) in [6.07, 6.45) is -0.109. The highest BCUT2D eigenvalue weighted by Gasteiger charge is 2.11. The van der Waals surface area contributed by atoms with E-state index < -0.39 is 12.1 Å². The van der Waals surface area contributed by atoms with E-state index in [0.29, 0.717) is 0 Å². The van der Waals surface area contributed by atoms with Crippen molar-refractivity contribution in [1.82, 2.24) is 5.43 Å². The molecule has 8 nitrogen and oxygen atoms in total. The molecule has 1 amide bonds. The van der Waals surface area contributed by atoms with Crippen LogP contribution in [0.3, 0.4) is 0 Å². The van der Waals surface area contributed by atoms with Gasteiger partial charge in [0, 0.05) is 0 Å². The minimum absolute atomic E-state index is 0.0605. The molecule has 0 bridgehead atoms. The fourth-order valence-corrected chi connectivity index (χ4v) is 1.25. The predicted molar refractivity (Wildman–Crippen MR) is 74.1 cm³/mol. The molecule has 0 radical (unpaired) electrons. The molecule has 0 fully saturated rings. The van der Waals surface area contributed by atoms with Crippen LogP contribution < -0.4 is 5.43 Å². The summed E-state index contributed by atoms with van der Waals surface area (Å²) in [5, 5.41) is 14.5. The first-order valence-corrected chi connectivity index (χ1v) is 6.06. The monoisotopic (exact) mass is 293 g/mol. The van der Waals surface area contributed by atoms with Crippen molar-refractivity contribution in [2.24, 2.45) is 10.3 Å². The SMILES string of the molecule is CCOC(=O)C(/C=N/O)=N/NC(=O)OCc1ccccc1. The maximum Gasteiger partial charge on any atom is 0.428 e. The van der Waals surface area contributed by atoms with E-state index in [0.717, 1.165) is 11.8 Å². The number of benzene rings is 1. The summed E-state index contributed by atoms with van der Waals surface area (Å²) in [6, 6.07) is 9.04. The van der Waals surface area contributed by atoms with Crippen LogP contribution in [0.1, 0.15) is 12.5 Å². The van der Waals surface area contributed by atoms with Crippen molar-refractivity contribution < 1.29 is 24.3 Å². The summed E-state index contributed by atoms with van der Waals surface area (Å²) in [5.74, 6) is -0.835. The third-order valence-corrected chi connectivity index (χ3v) is 2.14. The van der Waals surface area contributed by atoms with E-state index in [1.165, 1.54) is 0 Å². The molecule has 21 heavy (non-hydrogen) atoms. The van der Waals surface area contributed by atoms with Crippen LogP contribution in [0.5, 0.6) is 0 Å². The number of amides is 1. The molecule has 2 N–H and O–H groups in total. The number of hydrogen-bond acceptors (Lipinski definition) is 7. The van der Waals surface area contributed by atoms with Crippen molar-refractivity contribution in [1.29, 1.82) is 0 Å². The zero-order valence-electron chi connectivity index (χ0n) is 11.4. The summed E-state index contributed by atoms with van der Waals surface area (Å²) in [7, 11) is 0. The molecule has 0 aliphatic carbocycles. The third-order valence-electron chi connectivity index (χ3n) is 2.14. The number of nitrogens with one attached hydrogen (secondary N) is 1. The van der Waals surface area contributed by atoms with E-state index in [9.17, 15) is 9.59 Å². The lowest BCUT2D eigenvalue weighted by atomic mass is 10.2. The van der Waals surface area contributed by atoms with E-state index >= 15 is 0 Å². The molecule has 0 aliphatic rings. The van der Waals surface area contributed by atoms with Crippen molar-refractivity contribution in [3.05, 3.63) is 35.9 Å². The summed E-state index contributed by atoms with van der Waals surface area (Å²) in [5.41, 5.74) is 2.44. The summed E-state index contributed by atoms with van der Waals surface area (Å²) < 4.78 is 9.53. The minimum atomic E-state index is -0.855. The number of oxime groups is 1. The normalized spacial score (nSPS) is 11.2. The second-order valence-electron chi connectivity index (χ2n) is 3.64. The molecule has 1 rings (SSSR count). The average Bonchev–Trinajstić information content (AvgIpc) is 2.50. The highest BCUT2D eigenvalue weighted by atomic mass is 16.6. The van der Waals surface area contributed by atoms with Crippen LogP contribution in [0, 0.1) is 0 Å². The van der Waals surface area contributed by atoms with Gasteiger partial charge < -0.3 is 14.7 Å². The van der Waals surface area contributed by atoms with E-state index in [-0.39, 0.29) is 18.9 Å². The van der Waals surface area contributed by atoms with Gasteiger partial charge in [-0.3, -0.25) is 0 Å². The number of nitrogens with zero attached hydrogens (tertiary/aromatic N) is 2. The van der Waals surface area contributed by atoms with Crippen molar-refractivity contribution >= 4 is 24.0 Å². The van der Waals surface area contributed by atoms with Gasteiger partial charge in [-0.1, -0.05) is 35.5 Å². The van der Waals surface area contributed by atoms with Crippen molar-refractivity contribution in [2.75, 3.05) is 6.61 Å². The van der Waals surface area contributed by atoms with Gasteiger partial charge in [-0.2, -0.15) is 5.10 Å². The van der Waals surface area contributed by atoms with Crippen LogP contribution in [0.4, 0.5) is 4.79 Å². The van der Waals surface area contributed by atoms with Crippen LogP contribution in [-0.4, -0.2) is 35.8 Å². The first-order chi connectivity index (χ1) is 10.2. The molecular formula is C13H15N3O5. The Morgan fingerprint density at radius 1 is 1.29 bits per heavy atom. The Morgan fingerprint density at radius 2 is 2.00 bits per heavy atom. The van der Waals surface area contributed by atoms with E-state index in [1.54, 1.807) is 19.1 Å². The minimum Gasteiger partial charge on any atom is -0.461 e. The van der Waals surface area contributed by atoms with Gasteiger partial charge in [0.1, 0.15) is 12.8 Å². The smallest absolute Gasteiger partial charge is 0.428 e. The number of carbonyl (C=O) groups excluding carboxylic acids is 2. The zero-order valence-corrected chi connectivity index (χ0v) is 11.4. The molecule has 0 aromatic heterocycles. The number of carbonyl (C=O) groups is 2. The van der Waals surface area contributed by atoms with Gasteiger partial charge in [0.2, 0.25) is 0 Å². The maximum absolute atomic E-state index is 11.4. The van der Waals surface area contributed by atoms with Gasteiger partial charge in [0.05, 0.1) is 6.61 Å². The molecule has 0 atom stereocenters. The standard InChI is InChI=1S/C13H15N3O5/c1-2-20-12(17)11(8-14-19)15-16-13(18)21-9-10-6-4-3-5-7-10/h3-8,19H,2,9H2,1H3,(H,16,18)/b14-8+,15-11+. The van der Waals surface area contributed by atoms with Gasteiger partial charge in [-0.05, 0) is 12.5 Å². The topological polar surface area (TPSA) is 110 Å². The second kappa shape index (κ2) is 9.08. The fourth-order valence-electron chi connectivity index (χ4n) is 1.25. The molecule has 1 aromatic rings. The van der Waals surface area contributed by atoms with Crippen molar-refractivity contribution in [3.63, 3.8) is 0 Å². The molecule has 8 heteroatoms. The molecule has 0 saturated heterocycles. The van der Waals surface area contributed by atoms with Gasteiger partial charge >= 0.3 is 12.1 Å². The van der Waals surface area contributed by atoms with Crippen LogP contribution in [-0.2, 0) is 20.9 Å². The Labute approximate surface area is 121 Å². The average molecular weight is 293 g/mol.